The molecule has 0 unspecified atom stereocenters. The molecule has 5 nitrogen and oxygen atoms in total. The molecule has 0 bridgehead atoms. The smallest absolute Gasteiger partial charge is 0.317 e. The van der Waals surface area contributed by atoms with Crippen molar-refractivity contribution in [3.8, 4) is 0 Å². The Balaban J connectivity index is 2.17. The normalized spacial score (nSPS) is 17.6. The van der Waals surface area contributed by atoms with Gasteiger partial charge in [0, 0.05) is 12.7 Å². The summed E-state index contributed by atoms with van der Waals surface area (Å²) in [4.78, 5) is 24.8. The maximum atomic E-state index is 11.5. The summed E-state index contributed by atoms with van der Waals surface area (Å²) in [5.74, 6) is 0.473. The Labute approximate surface area is 97.4 Å². The number of H-pyrrole nitrogens is 1. The Hall–Kier alpha value is -1.07. The van der Waals surface area contributed by atoms with Gasteiger partial charge in [-0.15, -0.1) is 0 Å². The van der Waals surface area contributed by atoms with Crippen LogP contribution >= 0.6 is 11.6 Å². The first-order valence-corrected chi connectivity index (χ1v) is 5.74. The van der Waals surface area contributed by atoms with E-state index in [1.54, 1.807) is 0 Å². The fourth-order valence-corrected chi connectivity index (χ4v) is 2.13. The summed E-state index contributed by atoms with van der Waals surface area (Å²) in [7, 11) is 0. The Morgan fingerprint density at radius 3 is 2.75 bits per heavy atom. The third kappa shape index (κ3) is 2.54. The van der Waals surface area contributed by atoms with Crippen LogP contribution < -0.4 is 16.6 Å². The summed E-state index contributed by atoms with van der Waals surface area (Å²) in [5, 5.41) is 3.33. The molecular formula is C10H14ClN3O2. The van der Waals surface area contributed by atoms with E-state index in [0.717, 1.165) is 25.9 Å². The van der Waals surface area contributed by atoms with Crippen LogP contribution in [-0.4, -0.2) is 22.6 Å². The minimum atomic E-state index is -0.520. The number of aromatic nitrogens is 2. The van der Waals surface area contributed by atoms with E-state index >= 15 is 0 Å². The van der Waals surface area contributed by atoms with Crippen LogP contribution in [0.3, 0.4) is 0 Å². The number of aromatic amines is 1. The number of halogens is 1. The molecular weight excluding hydrogens is 230 g/mol. The first-order chi connectivity index (χ1) is 7.66. The lowest BCUT2D eigenvalue weighted by molar-refractivity contribution is 0.328. The molecule has 0 amide bonds. The van der Waals surface area contributed by atoms with Gasteiger partial charge in [-0.05, 0) is 31.8 Å². The van der Waals surface area contributed by atoms with Gasteiger partial charge in [0.1, 0.15) is 5.02 Å². The highest BCUT2D eigenvalue weighted by Crippen LogP contribution is 2.13. The standard InChI is InChI=1S/C10H14ClN3O2/c11-8-6-14(10(16)13-9(8)15)5-7-1-3-12-4-2-7/h6-7,12H,1-5H2,(H,13,15,16). The summed E-state index contributed by atoms with van der Waals surface area (Å²) in [5.41, 5.74) is -0.902. The van der Waals surface area contributed by atoms with Crippen LogP contribution in [0, 0.1) is 5.92 Å². The van der Waals surface area contributed by atoms with E-state index in [4.69, 9.17) is 11.6 Å². The zero-order valence-corrected chi connectivity index (χ0v) is 9.59. The van der Waals surface area contributed by atoms with Crippen molar-refractivity contribution in [1.29, 1.82) is 0 Å². The molecule has 0 radical (unpaired) electrons. The molecule has 88 valence electrons. The van der Waals surface area contributed by atoms with Crippen LogP contribution in [-0.2, 0) is 6.54 Å². The highest BCUT2D eigenvalue weighted by Gasteiger charge is 2.14. The monoisotopic (exact) mass is 243 g/mol. The van der Waals surface area contributed by atoms with E-state index < -0.39 is 5.56 Å². The largest absolute Gasteiger partial charge is 0.328 e. The second-order valence-electron chi connectivity index (χ2n) is 4.08. The lowest BCUT2D eigenvalue weighted by Gasteiger charge is -2.22. The molecule has 16 heavy (non-hydrogen) atoms. The third-order valence-electron chi connectivity index (χ3n) is 2.88. The van der Waals surface area contributed by atoms with E-state index in [1.807, 2.05) is 0 Å². The van der Waals surface area contributed by atoms with Crippen LogP contribution in [0.4, 0.5) is 0 Å². The van der Waals surface area contributed by atoms with Crippen molar-refractivity contribution in [3.63, 3.8) is 0 Å². The van der Waals surface area contributed by atoms with Crippen LogP contribution in [0.15, 0.2) is 15.8 Å². The lowest BCUT2D eigenvalue weighted by atomic mass is 9.98. The van der Waals surface area contributed by atoms with Crippen molar-refractivity contribution in [3.05, 3.63) is 32.1 Å². The molecule has 2 rings (SSSR count). The van der Waals surface area contributed by atoms with Crippen LogP contribution in [0.2, 0.25) is 5.02 Å². The lowest BCUT2D eigenvalue weighted by Crippen LogP contribution is -2.35. The van der Waals surface area contributed by atoms with Gasteiger partial charge in [-0.1, -0.05) is 11.6 Å². The molecule has 2 heterocycles. The topological polar surface area (TPSA) is 66.9 Å². The summed E-state index contributed by atoms with van der Waals surface area (Å²) in [6.07, 6.45) is 3.51. The first kappa shape index (κ1) is 11.4. The Morgan fingerprint density at radius 2 is 2.06 bits per heavy atom. The Morgan fingerprint density at radius 1 is 1.38 bits per heavy atom. The molecule has 1 aromatic heterocycles. The Bertz CT molecular complexity index is 474. The van der Waals surface area contributed by atoms with Crippen molar-refractivity contribution in [2.75, 3.05) is 13.1 Å². The number of rotatable bonds is 2. The average Bonchev–Trinajstić information content (AvgIpc) is 2.27. The molecule has 1 saturated heterocycles. The predicted octanol–water partition coefficient (Wildman–Crippen LogP) is 0.190. The molecule has 0 spiro atoms. The first-order valence-electron chi connectivity index (χ1n) is 5.37. The predicted molar refractivity (Wildman–Crippen MR) is 61.9 cm³/mol. The van der Waals surface area contributed by atoms with Gasteiger partial charge in [-0.2, -0.15) is 0 Å². The molecule has 1 aliphatic rings. The van der Waals surface area contributed by atoms with Gasteiger partial charge < -0.3 is 5.32 Å². The van der Waals surface area contributed by atoms with E-state index in [2.05, 4.69) is 10.3 Å². The molecule has 1 fully saturated rings. The van der Waals surface area contributed by atoms with Crippen molar-refractivity contribution in [1.82, 2.24) is 14.9 Å². The minimum Gasteiger partial charge on any atom is -0.317 e. The Kier molecular flexibility index (Phi) is 3.46. The van der Waals surface area contributed by atoms with Crippen molar-refractivity contribution in [2.45, 2.75) is 19.4 Å². The minimum absolute atomic E-state index is 0.0635. The number of hydrogen-bond donors (Lipinski definition) is 2. The maximum absolute atomic E-state index is 11.5. The second-order valence-corrected chi connectivity index (χ2v) is 4.49. The van der Waals surface area contributed by atoms with Gasteiger partial charge in [-0.25, -0.2) is 4.79 Å². The molecule has 1 aromatic rings. The van der Waals surface area contributed by atoms with Gasteiger partial charge in [0.2, 0.25) is 0 Å². The van der Waals surface area contributed by atoms with E-state index in [-0.39, 0.29) is 10.7 Å². The van der Waals surface area contributed by atoms with E-state index in [1.165, 1.54) is 10.8 Å². The summed E-state index contributed by atoms with van der Waals surface area (Å²) >= 11 is 5.69. The van der Waals surface area contributed by atoms with Gasteiger partial charge in [-0.3, -0.25) is 14.3 Å². The van der Waals surface area contributed by atoms with Crippen molar-refractivity contribution >= 4 is 11.6 Å². The summed E-state index contributed by atoms with van der Waals surface area (Å²) in [6.45, 7) is 2.59. The number of hydrogen-bond acceptors (Lipinski definition) is 3. The van der Waals surface area contributed by atoms with Crippen LogP contribution in [0.1, 0.15) is 12.8 Å². The molecule has 0 aromatic carbocycles. The van der Waals surface area contributed by atoms with E-state index in [9.17, 15) is 9.59 Å². The molecule has 2 N–H and O–H groups in total. The molecule has 0 aliphatic carbocycles. The molecule has 0 atom stereocenters. The number of nitrogens with one attached hydrogen (secondary N) is 2. The van der Waals surface area contributed by atoms with Gasteiger partial charge >= 0.3 is 5.69 Å². The van der Waals surface area contributed by atoms with Crippen molar-refractivity contribution < 1.29 is 0 Å². The van der Waals surface area contributed by atoms with Crippen LogP contribution in [0.25, 0.3) is 0 Å². The third-order valence-corrected chi connectivity index (χ3v) is 3.15. The summed E-state index contributed by atoms with van der Waals surface area (Å²) < 4.78 is 1.49. The van der Waals surface area contributed by atoms with Crippen molar-refractivity contribution in [2.24, 2.45) is 5.92 Å². The number of nitrogens with zero attached hydrogens (tertiary/aromatic N) is 1. The molecule has 6 heteroatoms. The fraction of sp³-hybridized carbons (Fsp3) is 0.600. The zero-order chi connectivity index (χ0) is 11.5. The number of piperidine rings is 1. The van der Waals surface area contributed by atoms with Gasteiger partial charge in [0.25, 0.3) is 5.56 Å². The molecule has 0 saturated carbocycles. The second kappa shape index (κ2) is 4.84. The van der Waals surface area contributed by atoms with Gasteiger partial charge in [0.05, 0.1) is 0 Å². The zero-order valence-electron chi connectivity index (χ0n) is 8.83. The van der Waals surface area contributed by atoms with Crippen LogP contribution in [0.5, 0.6) is 0 Å². The summed E-state index contributed by atoms with van der Waals surface area (Å²) in [6, 6.07) is 0. The SMILES string of the molecule is O=c1[nH]c(=O)n(CC2CCNCC2)cc1Cl. The highest BCUT2D eigenvalue weighted by atomic mass is 35.5. The molecule has 1 aliphatic heterocycles. The van der Waals surface area contributed by atoms with E-state index in [0.29, 0.717) is 12.5 Å². The maximum Gasteiger partial charge on any atom is 0.328 e. The quantitative estimate of drug-likeness (QED) is 0.779. The average molecular weight is 244 g/mol. The fourth-order valence-electron chi connectivity index (χ4n) is 1.96. The van der Waals surface area contributed by atoms with Gasteiger partial charge in [0.15, 0.2) is 0 Å². The highest BCUT2D eigenvalue weighted by molar-refractivity contribution is 6.30.